The second-order valence-corrected chi connectivity index (χ2v) is 9.01. The van der Waals surface area contributed by atoms with E-state index < -0.39 is 0 Å². The lowest BCUT2D eigenvalue weighted by Crippen LogP contribution is -2.25. The summed E-state index contributed by atoms with van der Waals surface area (Å²) in [7, 11) is 0. The number of ether oxygens (including phenoxy) is 1. The average molecular weight is 418 g/mol. The number of nitrogens with one attached hydrogen (secondary N) is 1. The number of benzene rings is 1. The van der Waals surface area contributed by atoms with Gasteiger partial charge in [0.1, 0.15) is 11.8 Å². The number of rotatable bonds is 6. The van der Waals surface area contributed by atoms with Gasteiger partial charge in [0.2, 0.25) is 0 Å². The molecule has 0 unspecified atom stereocenters. The van der Waals surface area contributed by atoms with Crippen molar-refractivity contribution in [2.24, 2.45) is 0 Å². The molecule has 2 aromatic heterocycles. The van der Waals surface area contributed by atoms with Crippen molar-refractivity contribution in [3.8, 4) is 11.8 Å². The lowest BCUT2D eigenvalue weighted by Gasteiger charge is -2.20. The Labute approximate surface area is 182 Å². The topological polar surface area (TPSA) is 92.8 Å². The van der Waals surface area contributed by atoms with Crippen LogP contribution >= 0.6 is 0 Å². The summed E-state index contributed by atoms with van der Waals surface area (Å²) < 4.78 is 7.28. The van der Waals surface area contributed by atoms with Crippen LogP contribution in [0.3, 0.4) is 0 Å². The van der Waals surface area contributed by atoms with E-state index in [1.807, 2.05) is 41.9 Å². The zero-order valence-electron chi connectivity index (χ0n) is 18.4. The minimum Gasteiger partial charge on any atom is -0.479 e. The van der Waals surface area contributed by atoms with E-state index in [9.17, 15) is 4.79 Å². The standard InChI is InChI=1S/C24H27N5O2/c1-15-21-19(23(30)26-14-16-6-5-7-18(12-16)31-11-10-25)13-20(17-8-9-17)27-22(21)29(28-15)24(2,3)4/h5-7,12-13,17H,8-9,11,14H2,1-4H3,(H,26,30). The van der Waals surface area contributed by atoms with Gasteiger partial charge in [0.25, 0.3) is 5.91 Å². The van der Waals surface area contributed by atoms with E-state index in [2.05, 4.69) is 26.1 Å². The molecule has 3 aromatic rings. The van der Waals surface area contributed by atoms with E-state index in [-0.39, 0.29) is 18.1 Å². The average Bonchev–Trinajstić information content (AvgIpc) is 3.53. The van der Waals surface area contributed by atoms with E-state index in [1.54, 1.807) is 6.07 Å². The maximum absolute atomic E-state index is 13.2. The first-order chi connectivity index (χ1) is 14.8. The van der Waals surface area contributed by atoms with Crippen molar-refractivity contribution < 1.29 is 9.53 Å². The van der Waals surface area contributed by atoms with E-state index in [0.717, 1.165) is 40.8 Å². The molecule has 7 heteroatoms. The quantitative estimate of drug-likeness (QED) is 0.649. The van der Waals surface area contributed by atoms with Crippen LogP contribution in [0.5, 0.6) is 5.75 Å². The Bertz CT molecular complexity index is 1180. The molecule has 1 N–H and O–H groups in total. The lowest BCUT2D eigenvalue weighted by atomic mass is 10.1. The zero-order valence-corrected chi connectivity index (χ0v) is 18.4. The molecule has 2 heterocycles. The molecule has 0 saturated heterocycles. The fraction of sp³-hybridized carbons (Fsp3) is 0.417. The highest BCUT2D eigenvalue weighted by Gasteiger charge is 2.30. The number of hydrogen-bond donors (Lipinski definition) is 1. The molecule has 0 aliphatic heterocycles. The van der Waals surface area contributed by atoms with Crippen LogP contribution in [0, 0.1) is 18.3 Å². The molecule has 1 aliphatic carbocycles. The molecular formula is C24H27N5O2. The van der Waals surface area contributed by atoms with Crippen molar-refractivity contribution in [3.05, 3.63) is 52.8 Å². The summed E-state index contributed by atoms with van der Waals surface area (Å²) in [6, 6.07) is 11.3. The number of carbonyl (C=O) groups excluding carboxylic acids is 1. The Balaban J connectivity index is 1.65. The molecular weight excluding hydrogens is 390 g/mol. The number of nitriles is 1. The molecule has 1 aromatic carbocycles. The predicted octanol–water partition coefficient (Wildman–Crippen LogP) is 4.20. The Morgan fingerprint density at radius 3 is 2.77 bits per heavy atom. The van der Waals surface area contributed by atoms with Crippen molar-refractivity contribution in [3.63, 3.8) is 0 Å². The van der Waals surface area contributed by atoms with Crippen LogP contribution in [0.25, 0.3) is 11.0 Å². The number of pyridine rings is 1. The summed E-state index contributed by atoms with van der Waals surface area (Å²) >= 11 is 0. The summed E-state index contributed by atoms with van der Waals surface area (Å²) in [5.74, 6) is 0.890. The van der Waals surface area contributed by atoms with Gasteiger partial charge in [-0.15, -0.1) is 0 Å². The Hall–Kier alpha value is -3.40. The van der Waals surface area contributed by atoms with Crippen molar-refractivity contribution in [2.75, 3.05) is 6.61 Å². The summed E-state index contributed by atoms with van der Waals surface area (Å²) in [5, 5.41) is 17.2. The lowest BCUT2D eigenvalue weighted by molar-refractivity contribution is 0.0952. The van der Waals surface area contributed by atoms with Crippen molar-refractivity contribution in [1.29, 1.82) is 5.26 Å². The number of fused-ring (bicyclic) bond motifs is 1. The summed E-state index contributed by atoms with van der Waals surface area (Å²) in [5.41, 5.74) is 3.83. The normalized spacial score (nSPS) is 13.8. The van der Waals surface area contributed by atoms with Crippen LogP contribution in [0.1, 0.15) is 66.8 Å². The number of carbonyl (C=O) groups is 1. The molecule has 0 atom stereocenters. The van der Waals surface area contributed by atoms with Crippen LogP contribution in [0.4, 0.5) is 0 Å². The summed E-state index contributed by atoms with van der Waals surface area (Å²) in [6.07, 6.45) is 2.22. The molecule has 4 rings (SSSR count). The number of hydrogen-bond acceptors (Lipinski definition) is 5. The Morgan fingerprint density at radius 2 is 2.10 bits per heavy atom. The van der Waals surface area contributed by atoms with Crippen LogP contribution in [-0.4, -0.2) is 27.3 Å². The van der Waals surface area contributed by atoms with Crippen LogP contribution in [0.2, 0.25) is 0 Å². The molecule has 7 nitrogen and oxygen atoms in total. The van der Waals surface area contributed by atoms with Crippen LogP contribution in [0.15, 0.2) is 30.3 Å². The van der Waals surface area contributed by atoms with Gasteiger partial charge in [-0.3, -0.25) is 4.79 Å². The maximum Gasteiger partial charge on any atom is 0.252 e. The van der Waals surface area contributed by atoms with Gasteiger partial charge in [0, 0.05) is 18.2 Å². The van der Waals surface area contributed by atoms with Gasteiger partial charge in [-0.05, 0) is 64.3 Å². The monoisotopic (exact) mass is 417 g/mol. The van der Waals surface area contributed by atoms with E-state index in [4.69, 9.17) is 20.1 Å². The van der Waals surface area contributed by atoms with Gasteiger partial charge in [0.05, 0.1) is 22.2 Å². The third kappa shape index (κ3) is 4.38. The summed E-state index contributed by atoms with van der Waals surface area (Å²) in [6.45, 7) is 8.54. The highest BCUT2D eigenvalue weighted by atomic mass is 16.5. The molecule has 0 radical (unpaired) electrons. The molecule has 1 fully saturated rings. The first kappa shape index (κ1) is 20.9. The van der Waals surface area contributed by atoms with Gasteiger partial charge in [-0.2, -0.15) is 10.4 Å². The Kier molecular flexibility index (Phi) is 5.40. The van der Waals surface area contributed by atoms with E-state index in [0.29, 0.717) is 23.8 Å². The number of aryl methyl sites for hydroxylation is 1. The largest absolute Gasteiger partial charge is 0.479 e. The fourth-order valence-electron chi connectivity index (χ4n) is 3.68. The third-order valence-electron chi connectivity index (χ3n) is 5.36. The number of amides is 1. The summed E-state index contributed by atoms with van der Waals surface area (Å²) in [4.78, 5) is 18.1. The molecule has 1 aliphatic rings. The Morgan fingerprint density at radius 1 is 1.32 bits per heavy atom. The molecule has 1 saturated carbocycles. The van der Waals surface area contributed by atoms with Gasteiger partial charge in [0.15, 0.2) is 12.3 Å². The zero-order chi connectivity index (χ0) is 22.2. The minimum atomic E-state index is -0.237. The van der Waals surface area contributed by atoms with Crippen LogP contribution < -0.4 is 10.1 Å². The first-order valence-electron chi connectivity index (χ1n) is 10.6. The van der Waals surface area contributed by atoms with Gasteiger partial charge in [-0.25, -0.2) is 9.67 Å². The number of nitrogens with zero attached hydrogens (tertiary/aromatic N) is 4. The first-order valence-corrected chi connectivity index (χ1v) is 10.6. The van der Waals surface area contributed by atoms with Gasteiger partial charge >= 0.3 is 0 Å². The molecule has 160 valence electrons. The molecule has 31 heavy (non-hydrogen) atoms. The minimum absolute atomic E-state index is 0.00814. The fourth-order valence-corrected chi connectivity index (χ4v) is 3.68. The van der Waals surface area contributed by atoms with Gasteiger partial charge in [-0.1, -0.05) is 12.1 Å². The van der Waals surface area contributed by atoms with E-state index in [1.165, 1.54) is 0 Å². The highest BCUT2D eigenvalue weighted by molar-refractivity contribution is 6.06. The van der Waals surface area contributed by atoms with Gasteiger partial charge < -0.3 is 10.1 Å². The predicted molar refractivity (Wildman–Crippen MR) is 118 cm³/mol. The molecule has 0 bridgehead atoms. The smallest absolute Gasteiger partial charge is 0.252 e. The van der Waals surface area contributed by atoms with Crippen LogP contribution in [-0.2, 0) is 12.1 Å². The second-order valence-electron chi connectivity index (χ2n) is 9.01. The third-order valence-corrected chi connectivity index (χ3v) is 5.36. The van der Waals surface area contributed by atoms with E-state index >= 15 is 0 Å². The maximum atomic E-state index is 13.2. The SMILES string of the molecule is Cc1nn(C(C)(C)C)c2nc(C3CC3)cc(C(=O)NCc3cccc(OCC#N)c3)c12. The second kappa shape index (κ2) is 8.03. The molecule has 0 spiro atoms. The number of aromatic nitrogens is 3. The van der Waals surface area contributed by atoms with Crippen molar-refractivity contribution >= 4 is 16.9 Å². The molecule has 1 amide bonds. The van der Waals surface area contributed by atoms with Crippen molar-refractivity contribution in [1.82, 2.24) is 20.1 Å². The highest BCUT2D eigenvalue weighted by Crippen LogP contribution is 2.41. The van der Waals surface area contributed by atoms with Crippen molar-refractivity contribution in [2.45, 2.75) is 58.5 Å².